The highest BCUT2D eigenvalue weighted by Crippen LogP contribution is 2.19. The number of hydrogen-bond acceptors (Lipinski definition) is 4. The van der Waals surface area contributed by atoms with Crippen LogP contribution in [0.25, 0.3) is 0 Å². The van der Waals surface area contributed by atoms with Gasteiger partial charge in [0.1, 0.15) is 6.04 Å². The molecule has 0 saturated carbocycles. The molecule has 0 aliphatic heterocycles. The van der Waals surface area contributed by atoms with Crippen molar-refractivity contribution in [2.45, 2.75) is 39.8 Å². The number of carboxylic acids is 1. The molecule has 1 aromatic rings. The number of aromatic nitrogens is 2. The lowest BCUT2D eigenvalue weighted by Gasteiger charge is -2.13. The van der Waals surface area contributed by atoms with Crippen molar-refractivity contribution >= 4 is 5.97 Å². The number of carboxylic acid groups (broad SMARTS) is 1. The van der Waals surface area contributed by atoms with Crippen LogP contribution in [0.4, 0.5) is 0 Å². The molecule has 1 aromatic heterocycles. The van der Waals surface area contributed by atoms with Gasteiger partial charge in [0.05, 0.1) is 12.3 Å². The van der Waals surface area contributed by atoms with Crippen LogP contribution >= 0.6 is 0 Å². The van der Waals surface area contributed by atoms with Crippen LogP contribution in [-0.4, -0.2) is 41.1 Å². The number of nitrogens with one attached hydrogen (secondary N) is 1. The van der Waals surface area contributed by atoms with Crippen molar-refractivity contribution in [3.8, 4) is 0 Å². The molecule has 2 N–H and O–H groups in total. The van der Waals surface area contributed by atoms with E-state index in [2.05, 4.69) is 10.4 Å². The third kappa shape index (κ3) is 3.78. The number of hydrogen-bond donors (Lipinski definition) is 2. The minimum absolute atomic E-state index is 0.522. The van der Waals surface area contributed by atoms with Gasteiger partial charge >= 0.3 is 5.97 Å². The lowest BCUT2D eigenvalue weighted by Crippen LogP contribution is -2.21. The smallest absolute Gasteiger partial charge is 0.328 e. The molecule has 1 atom stereocenters. The standard InChI is InChI=1S/C13H23N3O3/c1-5-12(13(17)18)16-10(3)11(9(2)15-16)8-14-6-7-19-4/h12,14H,5-8H2,1-4H3,(H,17,18). The van der Waals surface area contributed by atoms with Gasteiger partial charge in [0, 0.05) is 31.5 Å². The van der Waals surface area contributed by atoms with Gasteiger partial charge in [-0.25, -0.2) is 4.79 Å². The number of ether oxygens (including phenoxy) is 1. The van der Waals surface area contributed by atoms with E-state index >= 15 is 0 Å². The normalized spacial score (nSPS) is 12.6. The van der Waals surface area contributed by atoms with Crippen LogP contribution in [0, 0.1) is 13.8 Å². The molecule has 1 heterocycles. The summed E-state index contributed by atoms with van der Waals surface area (Å²) in [5.74, 6) is -0.841. The highest BCUT2D eigenvalue weighted by Gasteiger charge is 2.22. The Morgan fingerprint density at radius 1 is 1.53 bits per heavy atom. The van der Waals surface area contributed by atoms with Gasteiger partial charge in [-0.15, -0.1) is 0 Å². The van der Waals surface area contributed by atoms with Crippen LogP contribution in [0.2, 0.25) is 0 Å². The highest BCUT2D eigenvalue weighted by molar-refractivity contribution is 5.71. The molecule has 1 rings (SSSR count). The molecule has 0 bridgehead atoms. The summed E-state index contributed by atoms with van der Waals surface area (Å²) < 4.78 is 6.59. The summed E-state index contributed by atoms with van der Waals surface area (Å²) in [5.41, 5.74) is 2.86. The van der Waals surface area contributed by atoms with E-state index in [-0.39, 0.29) is 0 Å². The summed E-state index contributed by atoms with van der Waals surface area (Å²) >= 11 is 0. The maximum Gasteiger partial charge on any atom is 0.328 e. The van der Waals surface area contributed by atoms with Crippen molar-refractivity contribution in [1.29, 1.82) is 0 Å². The lowest BCUT2D eigenvalue weighted by molar-refractivity contribution is -0.141. The van der Waals surface area contributed by atoms with Gasteiger partial charge in [-0.1, -0.05) is 6.92 Å². The van der Waals surface area contributed by atoms with E-state index < -0.39 is 12.0 Å². The molecule has 1 unspecified atom stereocenters. The molecule has 6 nitrogen and oxygen atoms in total. The zero-order valence-corrected chi connectivity index (χ0v) is 12.1. The largest absolute Gasteiger partial charge is 0.480 e. The summed E-state index contributed by atoms with van der Waals surface area (Å²) in [6.07, 6.45) is 0.522. The average molecular weight is 269 g/mol. The molecule has 0 saturated heterocycles. The third-order valence-electron chi connectivity index (χ3n) is 3.23. The van der Waals surface area contributed by atoms with Crippen LogP contribution in [0.3, 0.4) is 0 Å². The first-order valence-corrected chi connectivity index (χ1v) is 6.49. The molecular weight excluding hydrogens is 246 g/mol. The third-order valence-corrected chi connectivity index (χ3v) is 3.23. The van der Waals surface area contributed by atoms with Crippen LogP contribution in [0.15, 0.2) is 0 Å². The van der Waals surface area contributed by atoms with Gasteiger partial charge in [0.2, 0.25) is 0 Å². The Morgan fingerprint density at radius 3 is 2.74 bits per heavy atom. The van der Waals surface area contributed by atoms with E-state index in [1.165, 1.54) is 0 Å². The van der Waals surface area contributed by atoms with Crippen LogP contribution in [-0.2, 0) is 16.1 Å². The number of rotatable bonds is 8. The fourth-order valence-corrected chi connectivity index (χ4v) is 2.10. The maximum absolute atomic E-state index is 11.2. The van der Waals surface area contributed by atoms with Crippen molar-refractivity contribution in [3.05, 3.63) is 17.0 Å². The molecule has 0 fully saturated rings. The van der Waals surface area contributed by atoms with E-state index in [0.717, 1.165) is 23.5 Å². The Bertz CT molecular complexity index is 429. The minimum atomic E-state index is -0.841. The summed E-state index contributed by atoms with van der Waals surface area (Å²) in [5, 5.41) is 16.8. The monoisotopic (exact) mass is 269 g/mol. The van der Waals surface area contributed by atoms with Crippen molar-refractivity contribution in [1.82, 2.24) is 15.1 Å². The predicted octanol–water partition coefficient (Wildman–Crippen LogP) is 1.27. The Labute approximate surface area is 113 Å². The molecule has 6 heteroatoms. The minimum Gasteiger partial charge on any atom is -0.480 e. The quantitative estimate of drug-likeness (QED) is 0.695. The molecule has 0 spiro atoms. The zero-order chi connectivity index (χ0) is 14.4. The van der Waals surface area contributed by atoms with Crippen molar-refractivity contribution in [3.63, 3.8) is 0 Å². The molecule has 19 heavy (non-hydrogen) atoms. The fraction of sp³-hybridized carbons (Fsp3) is 0.692. The Balaban J connectivity index is 2.84. The van der Waals surface area contributed by atoms with E-state index in [9.17, 15) is 9.90 Å². The second-order valence-electron chi connectivity index (χ2n) is 4.53. The topological polar surface area (TPSA) is 76.4 Å². The van der Waals surface area contributed by atoms with Crippen LogP contribution < -0.4 is 5.32 Å². The van der Waals surface area contributed by atoms with E-state index in [4.69, 9.17) is 4.74 Å². The number of aliphatic carboxylic acids is 1. The second kappa shape index (κ2) is 7.25. The summed E-state index contributed by atoms with van der Waals surface area (Å²) in [6, 6.07) is -0.591. The Hall–Kier alpha value is -1.40. The highest BCUT2D eigenvalue weighted by atomic mass is 16.5. The number of carbonyl (C=O) groups is 1. The van der Waals surface area contributed by atoms with E-state index in [1.54, 1.807) is 11.8 Å². The molecule has 108 valence electrons. The summed E-state index contributed by atoms with van der Waals surface area (Å²) in [7, 11) is 1.66. The first kappa shape index (κ1) is 15.7. The number of methoxy groups -OCH3 is 1. The van der Waals surface area contributed by atoms with Crippen LogP contribution in [0.1, 0.15) is 36.3 Å². The van der Waals surface area contributed by atoms with Gasteiger partial charge in [-0.3, -0.25) is 4.68 Å². The van der Waals surface area contributed by atoms with E-state index in [0.29, 0.717) is 19.6 Å². The van der Waals surface area contributed by atoms with Crippen LogP contribution in [0.5, 0.6) is 0 Å². The van der Waals surface area contributed by atoms with Gasteiger partial charge in [-0.2, -0.15) is 5.10 Å². The Morgan fingerprint density at radius 2 is 2.21 bits per heavy atom. The molecule has 0 aliphatic rings. The first-order valence-electron chi connectivity index (χ1n) is 6.49. The first-order chi connectivity index (χ1) is 9.02. The molecule has 0 aliphatic carbocycles. The van der Waals surface area contributed by atoms with Gasteiger partial charge in [-0.05, 0) is 20.3 Å². The van der Waals surface area contributed by atoms with Crippen molar-refractivity contribution < 1.29 is 14.6 Å². The number of nitrogens with zero attached hydrogens (tertiary/aromatic N) is 2. The Kier molecular flexibility index (Phi) is 5.98. The molecule has 0 radical (unpaired) electrons. The van der Waals surface area contributed by atoms with Gasteiger partial charge < -0.3 is 15.2 Å². The molecular formula is C13H23N3O3. The average Bonchev–Trinajstić information content (AvgIpc) is 2.62. The number of aryl methyl sites for hydroxylation is 1. The predicted molar refractivity (Wildman–Crippen MR) is 72.2 cm³/mol. The maximum atomic E-state index is 11.2. The second-order valence-corrected chi connectivity index (χ2v) is 4.53. The van der Waals surface area contributed by atoms with Crippen molar-refractivity contribution in [2.24, 2.45) is 0 Å². The lowest BCUT2D eigenvalue weighted by atomic mass is 10.1. The van der Waals surface area contributed by atoms with E-state index in [1.807, 2.05) is 20.8 Å². The molecule has 0 amide bonds. The molecule has 0 aromatic carbocycles. The summed E-state index contributed by atoms with van der Waals surface area (Å²) in [4.78, 5) is 11.2. The zero-order valence-electron chi connectivity index (χ0n) is 12.1. The summed E-state index contributed by atoms with van der Waals surface area (Å²) in [6.45, 7) is 7.77. The van der Waals surface area contributed by atoms with Crippen molar-refractivity contribution in [2.75, 3.05) is 20.3 Å². The van der Waals surface area contributed by atoms with Gasteiger partial charge in [0.25, 0.3) is 0 Å². The SMILES string of the molecule is CCC(C(=O)O)n1nc(C)c(CNCCOC)c1C. The fourth-order valence-electron chi connectivity index (χ4n) is 2.10. The van der Waals surface area contributed by atoms with Gasteiger partial charge in [0.15, 0.2) is 0 Å².